The maximum Gasteiger partial charge on any atom is 0.241 e. The molecule has 0 amide bonds. The summed E-state index contributed by atoms with van der Waals surface area (Å²) in [5, 5.41) is 0. The summed E-state index contributed by atoms with van der Waals surface area (Å²) < 4.78 is 35.7. The van der Waals surface area contributed by atoms with Gasteiger partial charge in [-0.15, -0.1) is 0 Å². The topological polar surface area (TPSA) is 55.4 Å². The molecule has 1 fully saturated rings. The number of aryl methyl sites for hydroxylation is 1. The highest BCUT2D eigenvalue weighted by atomic mass is 32.2. The molecular weight excluding hydrogens is 418 g/mol. The summed E-state index contributed by atoms with van der Waals surface area (Å²) in [5.74, 6) is -0.0111. The van der Waals surface area contributed by atoms with E-state index in [0.29, 0.717) is 0 Å². The first-order valence-electron chi connectivity index (χ1n) is 11.3. The number of hydrogen-bond acceptors (Lipinski definition) is 3. The second-order valence-electron chi connectivity index (χ2n) is 8.55. The molecule has 1 N–H and O–H groups in total. The lowest BCUT2D eigenvalue weighted by molar-refractivity contribution is 0.0996. The molecule has 168 valence electrons. The zero-order valence-electron chi connectivity index (χ0n) is 18.5. The van der Waals surface area contributed by atoms with Gasteiger partial charge in [-0.1, -0.05) is 78.4 Å². The van der Waals surface area contributed by atoms with E-state index in [1.54, 1.807) is 12.1 Å². The Balaban J connectivity index is 1.69. The minimum Gasteiger partial charge on any atom is -0.378 e. The van der Waals surface area contributed by atoms with Crippen molar-refractivity contribution in [1.29, 1.82) is 0 Å². The number of hydrogen-bond donors (Lipinski definition) is 1. The molecule has 32 heavy (non-hydrogen) atoms. The van der Waals surface area contributed by atoms with Crippen molar-refractivity contribution >= 4 is 10.0 Å². The van der Waals surface area contributed by atoms with Gasteiger partial charge in [0.05, 0.1) is 17.0 Å². The average molecular weight is 450 g/mol. The Hall–Kier alpha value is -2.47. The Labute approximate surface area is 191 Å². The van der Waals surface area contributed by atoms with Gasteiger partial charge in [-0.3, -0.25) is 0 Å². The van der Waals surface area contributed by atoms with Crippen LogP contribution in [0.4, 0.5) is 0 Å². The van der Waals surface area contributed by atoms with E-state index in [4.69, 9.17) is 4.74 Å². The molecule has 0 aliphatic carbocycles. The molecule has 0 aromatic heterocycles. The van der Waals surface area contributed by atoms with Crippen LogP contribution in [0.3, 0.4) is 0 Å². The van der Waals surface area contributed by atoms with Crippen LogP contribution in [-0.4, -0.2) is 21.1 Å². The summed E-state index contributed by atoms with van der Waals surface area (Å²) in [6.45, 7) is 2.77. The number of sulfonamides is 1. The van der Waals surface area contributed by atoms with Gasteiger partial charge in [0, 0.05) is 12.5 Å². The molecule has 4 nitrogen and oxygen atoms in total. The van der Waals surface area contributed by atoms with E-state index < -0.39 is 10.0 Å². The van der Waals surface area contributed by atoms with Crippen LogP contribution in [-0.2, 0) is 14.8 Å². The summed E-state index contributed by atoms with van der Waals surface area (Å²) in [7, 11) is -3.70. The fourth-order valence-electron chi connectivity index (χ4n) is 4.46. The van der Waals surface area contributed by atoms with Crippen LogP contribution in [0.5, 0.6) is 0 Å². The Morgan fingerprint density at radius 2 is 1.53 bits per heavy atom. The largest absolute Gasteiger partial charge is 0.378 e. The van der Waals surface area contributed by atoms with Crippen LogP contribution in [0.25, 0.3) is 0 Å². The standard InChI is InChI=1S/C27H31NO3S/c1-21-14-17-25(18-15-21)32(29,30)28-27(23-11-6-3-7-12-23)26(22-9-4-2-5-10-22)19-16-24-13-8-20-31-24/h2-7,9-12,14-15,17-18,24,26-28H,8,13,16,19-20H2,1H3/t24?,26-,27-/m1/s1. The molecule has 1 saturated heterocycles. The maximum atomic E-state index is 13.4. The Morgan fingerprint density at radius 3 is 2.12 bits per heavy atom. The maximum absolute atomic E-state index is 13.4. The lowest BCUT2D eigenvalue weighted by atomic mass is 9.83. The quantitative estimate of drug-likeness (QED) is 0.452. The number of nitrogens with one attached hydrogen (secondary N) is 1. The summed E-state index contributed by atoms with van der Waals surface area (Å²) in [6, 6.07) is 26.7. The monoisotopic (exact) mass is 449 g/mol. The predicted octanol–water partition coefficient (Wildman–Crippen LogP) is 5.76. The minimum absolute atomic E-state index is 0.0111. The van der Waals surface area contributed by atoms with E-state index in [1.807, 2.05) is 67.6 Å². The zero-order chi connectivity index (χ0) is 22.4. The van der Waals surface area contributed by atoms with E-state index >= 15 is 0 Å². The average Bonchev–Trinajstić information content (AvgIpc) is 3.34. The molecular formula is C27H31NO3S. The lowest BCUT2D eigenvalue weighted by Crippen LogP contribution is -2.33. The van der Waals surface area contributed by atoms with E-state index in [-0.39, 0.29) is 23.0 Å². The zero-order valence-corrected chi connectivity index (χ0v) is 19.3. The molecule has 0 radical (unpaired) electrons. The van der Waals surface area contributed by atoms with Crippen LogP contribution in [0.2, 0.25) is 0 Å². The van der Waals surface area contributed by atoms with Crippen molar-refractivity contribution in [1.82, 2.24) is 4.72 Å². The molecule has 3 aromatic carbocycles. The second-order valence-corrected chi connectivity index (χ2v) is 10.3. The smallest absolute Gasteiger partial charge is 0.241 e. The Morgan fingerprint density at radius 1 is 0.906 bits per heavy atom. The van der Waals surface area contributed by atoms with Gasteiger partial charge in [-0.05, 0) is 55.9 Å². The first-order valence-corrected chi connectivity index (χ1v) is 12.8. The highest BCUT2D eigenvalue weighted by molar-refractivity contribution is 7.89. The van der Waals surface area contributed by atoms with Gasteiger partial charge in [0.25, 0.3) is 0 Å². The number of rotatable bonds is 9. The van der Waals surface area contributed by atoms with E-state index in [9.17, 15) is 8.42 Å². The third kappa shape index (κ3) is 5.66. The van der Waals surface area contributed by atoms with Crippen molar-refractivity contribution in [2.75, 3.05) is 6.61 Å². The van der Waals surface area contributed by atoms with Crippen molar-refractivity contribution in [2.24, 2.45) is 0 Å². The van der Waals surface area contributed by atoms with Gasteiger partial charge < -0.3 is 4.74 Å². The fourth-order valence-corrected chi connectivity index (χ4v) is 5.72. The Bertz CT molecular complexity index is 1080. The summed E-state index contributed by atoms with van der Waals surface area (Å²) >= 11 is 0. The third-order valence-corrected chi connectivity index (χ3v) is 7.68. The van der Waals surface area contributed by atoms with E-state index in [2.05, 4.69) is 16.9 Å². The van der Waals surface area contributed by atoms with Gasteiger partial charge in [-0.25, -0.2) is 13.1 Å². The van der Waals surface area contributed by atoms with E-state index in [0.717, 1.165) is 49.0 Å². The van der Waals surface area contributed by atoms with Crippen LogP contribution in [0.1, 0.15) is 54.3 Å². The Kier molecular flexibility index (Phi) is 7.40. The molecule has 1 heterocycles. The molecule has 0 saturated carbocycles. The van der Waals surface area contributed by atoms with Crippen molar-refractivity contribution in [3.8, 4) is 0 Å². The van der Waals surface area contributed by atoms with Crippen molar-refractivity contribution in [3.63, 3.8) is 0 Å². The highest BCUT2D eigenvalue weighted by Crippen LogP contribution is 2.37. The lowest BCUT2D eigenvalue weighted by Gasteiger charge is -2.30. The van der Waals surface area contributed by atoms with Gasteiger partial charge in [0.1, 0.15) is 0 Å². The summed E-state index contributed by atoms with van der Waals surface area (Å²) in [5.41, 5.74) is 3.12. The van der Waals surface area contributed by atoms with Crippen LogP contribution in [0, 0.1) is 6.92 Å². The molecule has 3 atom stereocenters. The van der Waals surface area contributed by atoms with Crippen LogP contribution >= 0.6 is 0 Å². The SMILES string of the molecule is Cc1ccc(S(=O)(=O)N[C@H](c2ccccc2)[C@H](CCC2CCCO2)c2ccccc2)cc1. The molecule has 3 aromatic rings. The van der Waals surface area contributed by atoms with Gasteiger partial charge in [0.2, 0.25) is 10.0 Å². The minimum atomic E-state index is -3.70. The second kappa shape index (κ2) is 10.4. The first kappa shape index (κ1) is 22.7. The van der Waals surface area contributed by atoms with Crippen LogP contribution in [0.15, 0.2) is 89.8 Å². The fraction of sp³-hybridized carbons (Fsp3) is 0.333. The molecule has 5 heteroatoms. The van der Waals surface area contributed by atoms with Gasteiger partial charge in [-0.2, -0.15) is 0 Å². The van der Waals surface area contributed by atoms with Gasteiger partial charge >= 0.3 is 0 Å². The molecule has 1 aliphatic heterocycles. The third-order valence-electron chi connectivity index (χ3n) is 6.23. The molecule has 1 unspecified atom stereocenters. The van der Waals surface area contributed by atoms with Crippen molar-refractivity contribution < 1.29 is 13.2 Å². The van der Waals surface area contributed by atoms with E-state index in [1.165, 1.54) is 0 Å². The molecule has 4 rings (SSSR count). The van der Waals surface area contributed by atoms with Gasteiger partial charge in [0.15, 0.2) is 0 Å². The molecule has 0 bridgehead atoms. The number of ether oxygens (including phenoxy) is 1. The summed E-state index contributed by atoms with van der Waals surface area (Å²) in [6.07, 6.45) is 4.18. The molecule has 0 spiro atoms. The molecule has 1 aliphatic rings. The highest BCUT2D eigenvalue weighted by Gasteiger charge is 2.30. The van der Waals surface area contributed by atoms with Crippen molar-refractivity contribution in [3.05, 3.63) is 102 Å². The normalized spacial score (nSPS) is 18.3. The first-order chi connectivity index (χ1) is 15.5. The van der Waals surface area contributed by atoms with Crippen molar-refractivity contribution in [2.45, 2.75) is 55.6 Å². The van der Waals surface area contributed by atoms with Crippen LogP contribution < -0.4 is 4.72 Å². The number of benzene rings is 3. The predicted molar refractivity (Wildman–Crippen MR) is 128 cm³/mol. The summed E-state index contributed by atoms with van der Waals surface area (Å²) in [4.78, 5) is 0.287.